The van der Waals surface area contributed by atoms with Gasteiger partial charge in [-0.1, -0.05) is 43.3 Å². The number of fused-ring (bicyclic) bond motifs is 1. The molecule has 2 aromatic heterocycles. The molecule has 1 aliphatic heterocycles. The zero-order valence-corrected chi connectivity index (χ0v) is 21.7. The Labute approximate surface area is 215 Å². The summed E-state index contributed by atoms with van der Waals surface area (Å²) in [6.45, 7) is 7.01. The van der Waals surface area contributed by atoms with Gasteiger partial charge < -0.3 is 9.88 Å². The molecule has 0 spiro atoms. The third-order valence-corrected chi connectivity index (χ3v) is 8.76. The molecule has 5 rings (SSSR count). The maximum Gasteiger partial charge on any atom is 0.269 e. The number of aromatic amines is 1. The van der Waals surface area contributed by atoms with Gasteiger partial charge in [0, 0.05) is 23.8 Å². The molecule has 1 saturated heterocycles. The van der Waals surface area contributed by atoms with Crippen LogP contribution in [0.25, 0.3) is 22.0 Å². The van der Waals surface area contributed by atoms with Crippen molar-refractivity contribution in [2.75, 3.05) is 11.4 Å². The highest BCUT2D eigenvalue weighted by atomic mass is 32.2. The molecule has 1 amide bonds. The van der Waals surface area contributed by atoms with Crippen molar-refractivity contribution in [2.45, 2.75) is 37.6 Å². The topological polar surface area (TPSA) is 112 Å². The average Bonchev–Trinajstić information content (AvgIpc) is 3.14. The number of hydrogen-bond acceptors (Lipinski definition) is 6. The van der Waals surface area contributed by atoms with Crippen molar-refractivity contribution in [1.82, 2.24) is 14.7 Å². The van der Waals surface area contributed by atoms with Crippen molar-refractivity contribution < 1.29 is 13.2 Å². The van der Waals surface area contributed by atoms with E-state index in [-0.39, 0.29) is 11.1 Å². The van der Waals surface area contributed by atoms with Gasteiger partial charge in [-0.25, -0.2) is 18.1 Å². The summed E-state index contributed by atoms with van der Waals surface area (Å²) in [7, 11) is -4.39. The Hall–Kier alpha value is -3.98. The summed E-state index contributed by atoms with van der Waals surface area (Å²) in [5, 5.41) is 2.18. The molecule has 1 unspecified atom stereocenters. The summed E-state index contributed by atoms with van der Waals surface area (Å²) in [5.41, 5.74) is 0.583. The molecule has 4 aromatic rings. The molecule has 37 heavy (non-hydrogen) atoms. The van der Waals surface area contributed by atoms with Crippen LogP contribution in [0.5, 0.6) is 0 Å². The molecular formula is C28H28N4O4S. The summed E-state index contributed by atoms with van der Waals surface area (Å²) in [6.07, 6.45) is 2.24. The van der Waals surface area contributed by atoms with E-state index in [1.165, 1.54) is 12.3 Å². The summed E-state index contributed by atoms with van der Waals surface area (Å²) in [4.78, 5) is 34.2. The van der Waals surface area contributed by atoms with E-state index in [4.69, 9.17) is 4.98 Å². The van der Waals surface area contributed by atoms with E-state index in [9.17, 15) is 18.0 Å². The predicted molar refractivity (Wildman–Crippen MR) is 144 cm³/mol. The zero-order valence-electron chi connectivity index (χ0n) is 20.9. The SMILES string of the molecule is CC1CCN(c2nc(-c3ccc4ccccc4c3)ccc2C(=O)NS(=O)(=O)c2ccc[nH]c2=O)C1(C)C. The second-order valence-corrected chi connectivity index (χ2v) is 11.6. The largest absolute Gasteiger partial charge is 0.351 e. The lowest BCUT2D eigenvalue weighted by atomic mass is 9.90. The van der Waals surface area contributed by atoms with E-state index in [1.807, 2.05) is 42.5 Å². The minimum absolute atomic E-state index is 0.127. The Morgan fingerprint density at radius 2 is 1.81 bits per heavy atom. The number of sulfonamides is 1. The number of hydrogen-bond donors (Lipinski definition) is 2. The molecular weight excluding hydrogens is 488 g/mol. The molecule has 2 aromatic carbocycles. The maximum atomic E-state index is 13.4. The summed E-state index contributed by atoms with van der Waals surface area (Å²) < 4.78 is 27.8. The van der Waals surface area contributed by atoms with E-state index in [0.29, 0.717) is 24.0 Å². The van der Waals surface area contributed by atoms with Crippen molar-refractivity contribution in [3.63, 3.8) is 0 Å². The highest BCUT2D eigenvalue weighted by molar-refractivity contribution is 7.90. The first-order chi connectivity index (χ1) is 17.6. The quantitative estimate of drug-likeness (QED) is 0.408. The summed E-state index contributed by atoms with van der Waals surface area (Å²) in [6, 6.07) is 20.0. The number of nitrogens with zero attached hydrogens (tertiary/aromatic N) is 2. The van der Waals surface area contributed by atoms with Gasteiger partial charge in [-0.15, -0.1) is 0 Å². The van der Waals surface area contributed by atoms with Crippen LogP contribution in [0.4, 0.5) is 5.82 Å². The molecule has 0 radical (unpaired) electrons. The number of nitrogens with one attached hydrogen (secondary N) is 2. The van der Waals surface area contributed by atoms with E-state index in [1.54, 1.807) is 12.1 Å². The predicted octanol–water partition coefficient (Wildman–Crippen LogP) is 4.33. The second-order valence-electron chi connectivity index (χ2n) is 9.92. The van der Waals surface area contributed by atoms with Gasteiger partial charge in [0.05, 0.1) is 11.3 Å². The van der Waals surface area contributed by atoms with Gasteiger partial charge in [-0.3, -0.25) is 9.59 Å². The van der Waals surface area contributed by atoms with Crippen LogP contribution >= 0.6 is 0 Å². The lowest BCUT2D eigenvalue weighted by Crippen LogP contribution is -2.44. The fourth-order valence-electron chi connectivity index (χ4n) is 4.80. The minimum Gasteiger partial charge on any atom is -0.351 e. The van der Waals surface area contributed by atoms with Gasteiger partial charge in [-0.2, -0.15) is 0 Å². The monoisotopic (exact) mass is 516 g/mol. The first kappa shape index (κ1) is 24.7. The van der Waals surface area contributed by atoms with Crippen LogP contribution in [-0.4, -0.2) is 36.4 Å². The van der Waals surface area contributed by atoms with E-state index >= 15 is 0 Å². The van der Waals surface area contributed by atoms with Crippen LogP contribution in [0, 0.1) is 5.92 Å². The molecule has 1 atom stereocenters. The maximum absolute atomic E-state index is 13.4. The summed E-state index contributed by atoms with van der Waals surface area (Å²) in [5.74, 6) is -0.0954. The number of carbonyl (C=O) groups is 1. The number of carbonyl (C=O) groups excluding carboxylic acids is 1. The Morgan fingerprint density at radius 3 is 2.51 bits per heavy atom. The number of rotatable bonds is 5. The standard InChI is InChI=1S/C28H28N4O4S/c1-18-14-16-32(28(18,2)3)25-22(26(33)31-37(35,36)24-9-6-15-29-27(24)34)12-13-23(30-25)21-11-10-19-7-4-5-8-20(19)17-21/h4-13,15,17-18H,14,16H2,1-3H3,(H,29,34)(H,31,33). The molecule has 0 aliphatic carbocycles. The number of H-pyrrole nitrogens is 1. The molecule has 0 saturated carbocycles. The third-order valence-electron chi connectivity index (χ3n) is 7.41. The van der Waals surface area contributed by atoms with Crippen LogP contribution in [0.1, 0.15) is 37.6 Å². The van der Waals surface area contributed by atoms with Crippen LogP contribution in [-0.2, 0) is 10.0 Å². The highest BCUT2D eigenvalue weighted by Crippen LogP contribution is 2.39. The van der Waals surface area contributed by atoms with E-state index in [0.717, 1.165) is 28.8 Å². The molecule has 9 heteroatoms. The van der Waals surface area contributed by atoms with Crippen molar-refractivity contribution in [3.8, 4) is 11.3 Å². The van der Waals surface area contributed by atoms with Gasteiger partial charge in [0.2, 0.25) is 0 Å². The lowest BCUT2D eigenvalue weighted by molar-refractivity contribution is 0.0981. The third kappa shape index (κ3) is 4.51. The molecule has 0 bridgehead atoms. The fourth-order valence-corrected chi connectivity index (χ4v) is 5.82. The van der Waals surface area contributed by atoms with Gasteiger partial charge in [-0.05, 0) is 67.3 Å². The zero-order chi connectivity index (χ0) is 26.4. The van der Waals surface area contributed by atoms with Gasteiger partial charge in [0.15, 0.2) is 4.90 Å². The van der Waals surface area contributed by atoms with Crippen LogP contribution in [0.3, 0.4) is 0 Å². The van der Waals surface area contributed by atoms with Crippen molar-refractivity contribution in [1.29, 1.82) is 0 Å². The summed E-state index contributed by atoms with van der Waals surface area (Å²) >= 11 is 0. The lowest BCUT2D eigenvalue weighted by Gasteiger charge is -2.36. The smallest absolute Gasteiger partial charge is 0.269 e. The molecule has 8 nitrogen and oxygen atoms in total. The number of aromatic nitrogens is 2. The average molecular weight is 517 g/mol. The molecule has 190 valence electrons. The van der Waals surface area contributed by atoms with Crippen LogP contribution in [0.2, 0.25) is 0 Å². The van der Waals surface area contributed by atoms with Crippen LogP contribution < -0.4 is 15.2 Å². The molecule has 1 fully saturated rings. The number of benzene rings is 2. The molecule has 1 aliphatic rings. The Morgan fingerprint density at radius 1 is 1.05 bits per heavy atom. The van der Waals surface area contributed by atoms with Crippen molar-refractivity contribution in [2.24, 2.45) is 5.92 Å². The Bertz CT molecular complexity index is 1680. The first-order valence-electron chi connectivity index (χ1n) is 12.1. The number of anilines is 1. The van der Waals surface area contributed by atoms with Gasteiger partial charge in [0.1, 0.15) is 5.82 Å². The number of pyridine rings is 2. The van der Waals surface area contributed by atoms with Crippen molar-refractivity contribution >= 4 is 32.5 Å². The minimum atomic E-state index is -4.39. The fraction of sp³-hybridized carbons (Fsp3) is 0.250. The normalized spacial score (nSPS) is 17.2. The molecule has 2 N–H and O–H groups in total. The van der Waals surface area contributed by atoms with Gasteiger partial charge in [0.25, 0.3) is 21.5 Å². The second kappa shape index (κ2) is 9.15. The first-order valence-corrected chi connectivity index (χ1v) is 13.6. The van der Waals surface area contributed by atoms with Gasteiger partial charge >= 0.3 is 0 Å². The van der Waals surface area contributed by atoms with E-state index < -0.39 is 26.4 Å². The highest BCUT2D eigenvalue weighted by Gasteiger charge is 2.41. The Kier molecular flexibility index (Phi) is 6.11. The van der Waals surface area contributed by atoms with Crippen LogP contribution in [0.15, 0.2) is 82.6 Å². The molecule has 3 heterocycles. The Balaban J connectivity index is 1.59. The van der Waals surface area contributed by atoms with E-state index in [2.05, 4.69) is 35.4 Å². The number of amides is 1. The van der Waals surface area contributed by atoms with Crippen molar-refractivity contribution in [3.05, 3.63) is 88.8 Å².